The highest BCUT2D eigenvalue weighted by Crippen LogP contribution is 2.21. The molecule has 0 N–H and O–H groups in total. The van der Waals surface area contributed by atoms with E-state index in [0.29, 0.717) is 18.1 Å². The molecular weight excluding hydrogens is 278 g/mol. The summed E-state index contributed by atoms with van der Waals surface area (Å²) in [5.41, 5.74) is 2.55. The summed E-state index contributed by atoms with van der Waals surface area (Å²) in [6.45, 7) is 7.55. The Kier molecular flexibility index (Phi) is 3.79. The number of benzene rings is 2. The number of aromatic nitrogens is 4. The second-order valence-electron chi connectivity index (χ2n) is 4.67. The van der Waals surface area contributed by atoms with Crippen LogP contribution in [0, 0.1) is 6.57 Å². The molecule has 0 aliphatic rings. The fourth-order valence-electron chi connectivity index (χ4n) is 2.11. The van der Waals surface area contributed by atoms with Gasteiger partial charge in [-0.2, -0.15) is 0 Å². The van der Waals surface area contributed by atoms with Gasteiger partial charge in [0.15, 0.2) is 11.5 Å². The van der Waals surface area contributed by atoms with E-state index in [2.05, 4.69) is 20.4 Å². The van der Waals surface area contributed by atoms with Crippen LogP contribution in [0.5, 0.6) is 5.75 Å². The summed E-state index contributed by atoms with van der Waals surface area (Å²) >= 11 is 0. The van der Waals surface area contributed by atoms with E-state index in [0.717, 1.165) is 16.9 Å². The molecule has 0 fully saturated rings. The van der Waals surface area contributed by atoms with E-state index in [1.807, 2.05) is 36.4 Å². The van der Waals surface area contributed by atoms with Gasteiger partial charge in [0, 0.05) is 5.56 Å². The number of ether oxygens (including phenoxy) is 1. The first-order valence-electron chi connectivity index (χ1n) is 6.67. The summed E-state index contributed by atoms with van der Waals surface area (Å²) in [5, 5.41) is 11.9. The lowest BCUT2D eigenvalue weighted by Crippen LogP contribution is -2.04. The first-order chi connectivity index (χ1) is 10.8. The maximum Gasteiger partial charge on any atom is 0.187 e. The van der Waals surface area contributed by atoms with Gasteiger partial charge in [-0.15, -0.1) is 5.10 Å². The van der Waals surface area contributed by atoms with Crippen LogP contribution in [-0.2, 0) is 6.54 Å². The van der Waals surface area contributed by atoms with E-state index in [4.69, 9.17) is 11.3 Å². The molecule has 0 spiro atoms. The van der Waals surface area contributed by atoms with Gasteiger partial charge in [-0.05, 0) is 28.1 Å². The molecule has 2 aromatic carbocycles. The monoisotopic (exact) mass is 291 g/mol. The number of hydrogen-bond acceptors (Lipinski definition) is 4. The number of hydrogen-bond donors (Lipinski definition) is 0. The average molecular weight is 291 g/mol. The van der Waals surface area contributed by atoms with E-state index in [-0.39, 0.29) is 0 Å². The van der Waals surface area contributed by atoms with Crippen molar-refractivity contribution in [3.8, 4) is 17.1 Å². The third-order valence-corrected chi connectivity index (χ3v) is 3.28. The van der Waals surface area contributed by atoms with E-state index < -0.39 is 0 Å². The van der Waals surface area contributed by atoms with E-state index in [1.165, 1.54) is 0 Å². The number of methoxy groups -OCH3 is 1. The second-order valence-corrected chi connectivity index (χ2v) is 4.67. The summed E-state index contributed by atoms with van der Waals surface area (Å²) in [7, 11) is 1.64. The molecule has 0 aliphatic carbocycles. The molecule has 1 aromatic heterocycles. The van der Waals surface area contributed by atoms with Crippen molar-refractivity contribution in [1.29, 1.82) is 0 Å². The van der Waals surface area contributed by atoms with Crippen molar-refractivity contribution in [2.75, 3.05) is 7.11 Å². The lowest BCUT2D eigenvalue weighted by Gasteiger charge is -2.06. The minimum absolute atomic E-state index is 0.566. The topological polar surface area (TPSA) is 57.2 Å². The molecule has 0 bridgehead atoms. The molecule has 0 saturated heterocycles. The highest BCUT2D eigenvalue weighted by molar-refractivity contribution is 5.59. The Hall–Kier alpha value is -3.20. The van der Waals surface area contributed by atoms with Gasteiger partial charge < -0.3 is 4.74 Å². The Bertz CT molecular complexity index is 800. The van der Waals surface area contributed by atoms with Crippen molar-refractivity contribution in [2.24, 2.45) is 0 Å². The molecule has 6 nitrogen and oxygen atoms in total. The second kappa shape index (κ2) is 6.06. The van der Waals surface area contributed by atoms with Crippen LogP contribution in [0.25, 0.3) is 16.2 Å². The average Bonchev–Trinajstić information content (AvgIpc) is 3.04. The Balaban J connectivity index is 1.86. The van der Waals surface area contributed by atoms with Crippen LogP contribution in [0.15, 0.2) is 48.5 Å². The van der Waals surface area contributed by atoms with Crippen molar-refractivity contribution in [3.05, 3.63) is 65.5 Å². The normalized spacial score (nSPS) is 10.2. The molecule has 1 heterocycles. The van der Waals surface area contributed by atoms with Crippen LogP contribution >= 0.6 is 0 Å². The van der Waals surface area contributed by atoms with E-state index in [9.17, 15) is 0 Å². The van der Waals surface area contributed by atoms with Crippen molar-refractivity contribution in [1.82, 2.24) is 20.2 Å². The minimum Gasteiger partial charge on any atom is -0.497 e. The van der Waals surface area contributed by atoms with Gasteiger partial charge in [0.25, 0.3) is 0 Å². The van der Waals surface area contributed by atoms with E-state index in [1.54, 1.807) is 23.9 Å². The molecule has 0 atom stereocenters. The molecule has 108 valence electrons. The largest absolute Gasteiger partial charge is 0.497 e. The van der Waals surface area contributed by atoms with Gasteiger partial charge in [0.1, 0.15) is 5.75 Å². The Labute approximate surface area is 127 Å². The number of tetrazole rings is 1. The van der Waals surface area contributed by atoms with Crippen LogP contribution in [0.3, 0.4) is 0 Å². The fraction of sp³-hybridized carbons (Fsp3) is 0.125. The van der Waals surface area contributed by atoms with Gasteiger partial charge in [-0.3, -0.25) is 0 Å². The molecular formula is C16H13N5O. The lowest BCUT2D eigenvalue weighted by molar-refractivity contribution is 0.414. The highest BCUT2D eigenvalue weighted by Gasteiger charge is 2.09. The van der Waals surface area contributed by atoms with Crippen LogP contribution in [-0.4, -0.2) is 27.3 Å². The predicted molar refractivity (Wildman–Crippen MR) is 81.6 cm³/mol. The summed E-state index contributed by atoms with van der Waals surface area (Å²) in [4.78, 5) is 3.38. The Morgan fingerprint density at radius 1 is 1.09 bits per heavy atom. The quantitative estimate of drug-likeness (QED) is 0.693. The fourth-order valence-corrected chi connectivity index (χ4v) is 2.11. The molecule has 3 rings (SSSR count). The van der Waals surface area contributed by atoms with Gasteiger partial charge in [0.2, 0.25) is 0 Å². The lowest BCUT2D eigenvalue weighted by atomic mass is 10.2. The van der Waals surface area contributed by atoms with Crippen molar-refractivity contribution in [2.45, 2.75) is 6.54 Å². The van der Waals surface area contributed by atoms with Gasteiger partial charge >= 0.3 is 0 Å². The van der Waals surface area contributed by atoms with Crippen molar-refractivity contribution >= 4 is 5.69 Å². The molecule has 0 radical (unpaired) electrons. The standard InChI is InChI=1S/C16H13N5O/c1-17-14-7-5-13(6-8-14)16-18-19-20-21(16)11-12-3-9-15(22-2)10-4-12/h3-10H,11H2,2H3. The summed E-state index contributed by atoms with van der Waals surface area (Å²) < 4.78 is 6.88. The maximum atomic E-state index is 6.98. The molecule has 6 heteroatoms. The van der Waals surface area contributed by atoms with Gasteiger partial charge in [-0.1, -0.05) is 36.4 Å². The number of rotatable bonds is 4. The molecule has 0 aliphatic heterocycles. The van der Waals surface area contributed by atoms with Crippen molar-refractivity contribution in [3.63, 3.8) is 0 Å². The third-order valence-electron chi connectivity index (χ3n) is 3.28. The number of nitrogens with zero attached hydrogens (tertiary/aromatic N) is 5. The van der Waals surface area contributed by atoms with Crippen molar-refractivity contribution < 1.29 is 4.74 Å². The van der Waals surface area contributed by atoms with Crippen LogP contribution in [0.1, 0.15) is 5.56 Å². The van der Waals surface area contributed by atoms with Crippen LogP contribution in [0.4, 0.5) is 5.69 Å². The Morgan fingerprint density at radius 3 is 2.45 bits per heavy atom. The first-order valence-corrected chi connectivity index (χ1v) is 6.67. The molecule has 0 amide bonds. The van der Waals surface area contributed by atoms with Crippen LogP contribution < -0.4 is 4.74 Å². The summed E-state index contributed by atoms with van der Waals surface area (Å²) in [6, 6.07) is 15.0. The van der Waals surface area contributed by atoms with Crippen LogP contribution in [0.2, 0.25) is 0 Å². The van der Waals surface area contributed by atoms with Gasteiger partial charge in [-0.25, -0.2) is 9.53 Å². The minimum atomic E-state index is 0.566. The van der Waals surface area contributed by atoms with Gasteiger partial charge in [0.05, 0.1) is 20.2 Å². The third kappa shape index (κ3) is 2.79. The zero-order valence-corrected chi connectivity index (χ0v) is 12.0. The molecule has 0 unspecified atom stereocenters. The summed E-state index contributed by atoms with van der Waals surface area (Å²) in [6.07, 6.45) is 0. The molecule has 0 saturated carbocycles. The predicted octanol–water partition coefficient (Wildman–Crippen LogP) is 2.95. The Morgan fingerprint density at radius 2 is 1.82 bits per heavy atom. The maximum absolute atomic E-state index is 6.98. The molecule has 3 aromatic rings. The highest BCUT2D eigenvalue weighted by atomic mass is 16.5. The van der Waals surface area contributed by atoms with E-state index >= 15 is 0 Å². The zero-order valence-electron chi connectivity index (χ0n) is 12.0. The molecule has 22 heavy (non-hydrogen) atoms. The zero-order chi connectivity index (χ0) is 15.4. The smallest absolute Gasteiger partial charge is 0.187 e. The summed E-state index contributed by atoms with van der Waals surface area (Å²) in [5.74, 6) is 1.49. The first kappa shape index (κ1) is 13.8. The SMILES string of the molecule is [C-]#[N+]c1ccc(-c2nnnn2Cc2ccc(OC)cc2)cc1.